The number of ether oxygens (including phenoxy) is 2. The average Bonchev–Trinajstić information content (AvgIpc) is 2.25. The van der Waals surface area contributed by atoms with Gasteiger partial charge in [-0.2, -0.15) is 0 Å². The molecule has 0 aliphatic rings. The first kappa shape index (κ1) is 19.5. The molecule has 0 aromatic heterocycles. The highest BCUT2D eigenvalue weighted by Crippen LogP contribution is 2.15. The Bertz CT molecular complexity index is 258. The highest BCUT2D eigenvalue weighted by atomic mass is 35.5. The first-order chi connectivity index (χ1) is 7.90. The van der Waals surface area contributed by atoms with Crippen molar-refractivity contribution in [3.05, 3.63) is 0 Å². The van der Waals surface area contributed by atoms with Crippen LogP contribution in [0.4, 0.5) is 0 Å². The smallest absolute Gasteiger partial charge is 0.346 e. The molecule has 0 aliphatic heterocycles. The molecule has 0 aromatic rings. The van der Waals surface area contributed by atoms with Gasteiger partial charge in [0.15, 0.2) is 6.10 Å². The van der Waals surface area contributed by atoms with Crippen LogP contribution in [0.5, 0.6) is 0 Å². The van der Waals surface area contributed by atoms with Gasteiger partial charge < -0.3 is 15.2 Å². The van der Waals surface area contributed by atoms with Crippen molar-refractivity contribution in [1.82, 2.24) is 0 Å². The largest absolute Gasteiger partial charge is 0.466 e. The van der Waals surface area contributed by atoms with Crippen LogP contribution in [0.2, 0.25) is 0 Å². The fourth-order valence-corrected chi connectivity index (χ4v) is 1.62. The van der Waals surface area contributed by atoms with Gasteiger partial charge in [0.05, 0.1) is 7.11 Å². The van der Waals surface area contributed by atoms with Gasteiger partial charge in [0, 0.05) is 6.42 Å². The van der Waals surface area contributed by atoms with E-state index in [2.05, 4.69) is 18.6 Å². The van der Waals surface area contributed by atoms with Crippen molar-refractivity contribution in [2.45, 2.75) is 39.7 Å². The number of halogens is 1. The quantitative estimate of drug-likeness (QED) is 0.716. The van der Waals surface area contributed by atoms with Crippen LogP contribution in [0, 0.1) is 11.8 Å². The maximum absolute atomic E-state index is 11.5. The van der Waals surface area contributed by atoms with Gasteiger partial charge in [0.25, 0.3) is 0 Å². The van der Waals surface area contributed by atoms with Gasteiger partial charge in [0.2, 0.25) is 0 Å². The monoisotopic (exact) mass is 281 g/mol. The standard InChI is InChI=1S/C12H23NO4.ClH/c1-8(2)5-10(7-13)6-11(14)17-9(3)12(15)16-4;/h8-10H,5-7,13H2,1-4H3;1H/t9?,10-;/m0./s1. The van der Waals surface area contributed by atoms with Gasteiger partial charge in [-0.25, -0.2) is 4.79 Å². The molecule has 0 spiro atoms. The summed E-state index contributed by atoms with van der Waals surface area (Å²) < 4.78 is 9.42. The molecule has 0 fully saturated rings. The first-order valence-electron chi connectivity index (χ1n) is 5.88. The third-order valence-electron chi connectivity index (χ3n) is 2.43. The van der Waals surface area contributed by atoms with Gasteiger partial charge in [-0.3, -0.25) is 4.79 Å². The van der Waals surface area contributed by atoms with E-state index >= 15 is 0 Å². The van der Waals surface area contributed by atoms with E-state index in [0.717, 1.165) is 6.42 Å². The average molecular weight is 282 g/mol. The Morgan fingerprint density at radius 3 is 2.17 bits per heavy atom. The lowest BCUT2D eigenvalue weighted by atomic mass is 9.94. The second-order valence-corrected chi connectivity index (χ2v) is 4.59. The minimum atomic E-state index is -0.857. The molecule has 1 unspecified atom stereocenters. The molecule has 2 N–H and O–H groups in total. The second-order valence-electron chi connectivity index (χ2n) is 4.59. The van der Waals surface area contributed by atoms with Gasteiger partial charge in [-0.15, -0.1) is 12.4 Å². The van der Waals surface area contributed by atoms with Gasteiger partial charge in [-0.05, 0) is 31.7 Å². The number of hydrogen-bond acceptors (Lipinski definition) is 5. The Labute approximate surface area is 115 Å². The zero-order valence-corrected chi connectivity index (χ0v) is 12.3. The Morgan fingerprint density at radius 2 is 1.78 bits per heavy atom. The van der Waals surface area contributed by atoms with Gasteiger partial charge in [0.1, 0.15) is 0 Å². The van der Waals surface area contributed by atoms with Crippen LogP contribution in [-0.2, 0) is 19.1 Å². The van der Waals surface area contributed by atoms with E-state index in [0.29, 0.717) is 12.5 Å². The van der Waals surface area contributed by atoms with Crippen LogP contribution in [0.25, 0.3) is 0 Å². The summed E-state index contributed by atoms with van der Waals surface area (Å²) in [5.41, 5.74) is 5.59. The number of hydrogen-bond donors (Lipinski definition) is 1. The first-order valence-corrected chi connectivity index (χ1v) is 5.88. The van der Waals surface area contributed by atoms with Crippen molar-refractivity contribution >= 4 is 24.3 Å². The minimum Gasteiger partial charge on any atom is -0.466 e. The summed E-state index contributed by atoms with van der Waals surface area (Å²) in [5, 5.41) is 0. The van der Waals surface area contributed by atoms with Crippen LogP contribution in [0.1, 0.15) is 33.6 Å². The summed E-state index contributed by atoms with van der Waals surface area (Å²) >= 11 is 0. The van der Waals surface area contributed by atoms with E-state index in [-0.39, 0.29) is 24.7 Å². The fraction of sp³-hybridized carbons (Fsp3) is 0.833. The summed E-state index contributed by atoms with van der Waals surface area (Å²) in [6.07, 6.45) is 0.263. The summed E-state index contributed by atoms with van der Waals surface area (Å²) in [6.45, 7) is 6.08. The van der Waals surface area contributed by atoms with Crippen LogP contribution < -0.4 is 5.73 Å². The van der Waals surface area contributed by atoms with E-state index < -0.39 is 18.0 Å². The molecule has 0 aliphatic carbocycles. The Morgan fingerprint density at radius 1 is 1.22 bits per heavy atom. The van der Waals surface area contributed by atoms with Crippen molar-refractivity contribution in [2.24, 2.45) is 17.6 Å². The number of carbonyl (C=O) groups is 2. The topological polar surface area (TPSA) is 78.6 Å². The molecule has 0 saturated carbocycles. The zero-order chi connectivity index (χ0) is 13.4. The Kier molecular flexibility index (Phi) is 11.0. The fourth-order valence-electron chi connectivity index (χ4n) is 1.62. The normalized spacial score (nSPS) is 13.4. The third kappa shape index (κ3) is 8.31. The van der Waals surface area contributed by atoms with E-state index in [4.69, 9.17) is 10.5 Å². The Hall–Kier alpha value is -0.810. The molecule has 0 heterocycles. The molecular weight excluding hydrogens is 258 g/mol. The molecule has 5 nitrogen and oxygen atoms in total. The van der Waals surface area contributed by atoms with E-state index in [9.17, 15) is 9.59 Å². The van der Waals surface area contributed by atoms with Crippen molar-refractivity contribution in [2.75, 3.05) is 13.7 Å². The molecule has 0 amide bonds. The highest BCUT2D eigenvalue weighted by molar-refractivity contribution is 5.85. The SMILES string of the molecule is COC(=O)C(C)OC(=O)C[C@@H](CN)CC(C)C.Cl. The molecule has 2 atom stereocenters. The molecule has 0 bridgehead atoms. The molecule has 108 valence electrons. The van der Waals surface area contributed by atoms with Crippen molar-refractivity contribution in [3.8, 4) is 0 Å². The van der Waals surface area contributed by atoms with Crippen LogP contribution in [-0.4, -0.2) is 31.7 Å². The van der Waals surface area contributed by atoms with E-state index in [1.165, 1.54) is 14.0 Å². The van der Waals surface area contributed by atoms with Gasteiger partial charge >= 0.3 is 11.9 Å². The Balaban J connectivity index is 0. The van der Waals surface area contributed by atoms with Crippen LogP contribution in [0.3, 0.4) is 0 Å². The number of methoxy groups -OCH3 is 1. The molecule has 0 aromatic carbocycles. The summed E-state index contributed by atoms with van der Waals surface area (Å²) in [7, 11) is 1.26. The van der Waals surface area contributed by atoms with Crippen molar-refractivity contribution in [1.29, 1.82) is 0 Å². The van der Waals surface area contributed by atoms with Gasteiger partial charge in [-0.1, -0.05) is 13.8 Å². The third-order valence-corrected chi connectivity index (χ3v) is 2.43. The summed E-state index contributed by atoms with van der Waals surface area (Å²) in [4.78, 5) is 22.6. The number of nitrogens with two attached hydrogens (primary N) is 1. The second kappa shape index (κ2) is 10.1. The lowest BCUT2D eigenvalue weighted by Gasteiger charge is -2.17. The maximum Gasteiger partial charge on any atom is 0.346 e. The lowest BCUT2D eigenvalue weighted by Crippen LogP contribution is -2.28. The number of esters is 2. The molecule has 18 heavy (non-hydrogen) atoms. The van der Waals surface area contributed by atoms with Crippen LogP contribution >= 0.6 is 12.4 Å². The predicted molar refractivity (Wildman–Crippen MR) is 71.4 cm³/mol. The minimum absolute atomic E-state index is 0. The van der Waals surface area contributed by atoms with E-state index in [1.54, 1.807) is 0 Å². The van der Waals surface area contributed by atoms with E-state index in [1.807, 2.05) is 0 Å². The molecule has 0 saturated heterocycles. The van der Waals surface area contributed by atoms with Crippen molar-refractivity contribution < 1.29 is 19.1 Å². The zero-order valence-electron chi connectivity index (χ0n) is 11.5. The molecule has 0 rings (SSSR count). The molecular formula is C12H24ClNO4. The highest BCUT2D eigenvalue weighted by Gasteiger charge is 2.21. The van der Waals surface area contributed by atoms with Crippen molar-refractivity contribution in [3.63, 3.8) is 0 Å². The summed E-state index contributed by atoms with van der Waals surface area (Å²) in [6, 6.07) is 0. The maximum atomic E-state index is 11.5. The molecule has 0 radical (unpaired) electrons. The van der Waals surface area contributed by atoms with Crippen LogP contribution in [0.15, 0.2) is 0 Å². The number of rotatable bonds is 7. The predicted octanol–water partition coefficient (Wildman–Crippen LogP) is 1.52. The lowest BCUT2D eigenvalue weighted by molar-refractivity contribution is -0.165. The summed E-state index contributed by atoms with van der Waals surface area (Å²) in [5.74, 6) is -0.368. The molecule has 6 heteroatoms. The number of carbonyl (C=O) groups excluding carboxylic acids is 2.